The summed E-state index contributed by atoms with van der Waals surface area (Å²) in [5, 5.41) is 1.37. The molecule has 1 aliphatic rings. The van der Waals surface area contributed by atoms with Gasteiger partial charge in [-0.2, -0.15) is 37.9 Å². The van der Waals surface area contributed by atoms with Crippen LogP contribution in [0.3, 0.4) is 0 Å². The summed E-state index contributed by atoms with van der Waals surface area (Å²) in [5.41, 5.74) is 0.585. The van der Waals surface area contributed by atoms with Gasteiger partial charge in [-0.05, 0) is 18.5 Å². The van der Waals surface area contributed by atoms with Crippen molar-refractivity contribution in [3.8, 4) is 0 Å². The van der Waals surface area contributed by atoms with Crippen LogP contribution in [0.15, 0.2) is 0 Å². The summed E-state index contributed by atoms with van der Waals surface area (Å²) in [5.74, 6) is 0. The van der Waals surface area contributed by atoms with Crippen molar-refractivity contribution in [1.82, 2.24) is 0 Å². The third kappa shape index (κ3) is 2.23. The van der Waals surface area contributed by atoms with Crippen molar-refractivity contribution in [3.63, 3.8) is 0 Å². The molecule has 0 aromatic carbocycles. The Bertz CT molecular complexity index is 108. The van der Waals surface area contributed by atoms with E-state index < -0.39 is 0 Å². The summed E-state index contributed by atoms with van der Waals surface area (Å²) < 4.78 is 0. The van der Waals surface area contributed by atoms with E-state index in [0.29, 0.717) is 21.4 Å². The van der Waals surface area contributed by atoms with Crippen LogP contribution in [0, 0.1) is 0 Å². The van der Waals surface area contributed by atoms with Crippen molar-refractivity contribution in [2.75, 3.05) is 0 Å². The zero-order valence-corrected chi connectivity index (χ0v) is 9.48. The van der Waals surface area contributed by atoms with Gasteiger partial charge in [-0.25, -0.2) is 0 Å². The van der Waals surface area contributed by atoms with Crippen LogP contribution in [0.25, 0.3) is 0 Å². The van der Waals surface area contributed by atoms with Gasteiger partial charge in [0.15, 0.2) is 0 Å². The fraction of sp³-hybridized carbons (Fsp3) is 1.00. The average Bonchev–Trinajstić information content (AvgIpc) is 1.82. The van der Waals surface area contributed by atoms with Gasteiger partial charge in [-0.3, -0.25) is 0 Å². The Labute approximate surface area is 81.4 Å². The highest BCUT2D eigenvalue weighted by atomic mass is 32.1. The maximum Gasteiger partial charge on any atom is 0.0197 e. The average molecular weight is 212 g/mol. The summed E-state index contributed by atoms with van der Waals surface area (Å²) >= 11 is 13.3. The van der Waals surface area contributed by atoms with Crippen LogP contribution in [0.1, 0.15) is 12.8 Å². The van der Waals surface area contributed by atoms with Gasteiger partial charge in [-0.1, -0.05) is 0 Å². The molecule has 0 N–H and O–H groups in total. The van der Waals surface area contributed by atoms with E-state index in [0.717, 1.165) is 12.8 Å². The minimum absolute atomic E-state index is 0.419. The van der Waals surface area contributed by atoms with Crippen LogP contribution >= 0.6 is 47.1 Å². The van der Waals surface area contributed by atoms with E-state index in [1.54, 1.807) is 0 Å². The molecule has 0 saturated heterocycles. The molecule has 0 heterocycles. The van der Waals surface area contributed by atoms with Crippen molar-refractivity contribution < 1.29 is 0 Å². The Kier molecular flexibility index (Phi) is 3.76. The van der Waals surface area contributed by atoms with E-state index in [-0.39, 0.29) is 0 Å². The van der Waals surface area contributed by atoms with Gasteiger partial charge < -0.3 is 0 Å². The third-order valence-corrected chi connectivity index (χ3v) is 4.83. The molecule has 5 unspecified atom stereocenters. The highest BCUT2D eigenvalue weighted by Gasteiger charge is 2.29. The topological polar surface area (TPSA) is 0 Å². The first-order valence-electron chi connectivity index (χ1n) is 3.41. The van der Waals surface area contributed by atoms with Crippen LogP contribution in [0.2, 0.25) is 0 Å². The molecule has 0 nitrogen and oxygen atoms in total. The van der Waals surface area contributed by atoms with Gasteiger partial charge in [0.2, 0.25) is 0 Å². The lowest BCUT2D eigenvalue weighted by Gasteiger charge is -2.33. The van der Waals surface area contributed by atoms with E-state index in [2.05, 4.69) is 47.1 Å². The van der Waals surface area contributed by atoms with Crippen molar-refractivity contribution in [2.24, 2.45) is 0 Å². The van der Waals surface area contributed by atoms with Gasteiger partial charge in [0.1, 0.15) is 0 Å². The second kappa shape index (κ2) is 3.93. The first-order valence-corrected chi connectivity index (χ1v) is 5.62. The minimum Gasteiger partial charge on any atom is -0.176 e. The van der Waals surface area contributed by atoms with Crippen LogP contribution < -0.4 is 0 Å². The van der Waals surface area contributed by atoms with Gasteiger partial charge in [0.05, 0.1) is 0 Å². The molecule has 0 aliphatic heterocycles. The van der Waals surface area contributed by atoms with E-state index in [9.17, 15) is 0 Å². The molecule has 60 valence electrons. The monoisotopic (exact) mass is 212 g/mol. The molecular weight excluding hydrogens is 199 g/mol. The summed E-state index contributed by atoms with van der Waals surface area (Å²) in [6, 6.07) is 0. The van der Waals surface area contributed by atoms with E-state index in [1.165, 1.54) is 0 Å². The summed E-state index contributed by atoms with van der Waals surface area (Å²) in [6.07, 6.45) is 2.24. The van der Waals surface area contributed by atoms with Gasteiger partial charge in [0, 0.05) is 15.7 Å². The zero-order valence-electron chi connectivity index (χ0n) is 5.64. The Balaban J connectivity index is 2.49. The molecule has 0 amide bonds. The Morgan fingerprint density at radius 1 is 1.10 bits per heavy atom. The second-order valence-corrected chi connectivity index (χ2v) is 5.69. The standard InChI is InChI=1S/C6H13PS3/c7-4-1-3(8)2-5(9)6(4)10/h3-6,8-10H,1-2,7H2. The summed E-state index contributed by atoms with van der Waals surface area (Å²) in [6.45, 7) is 0. The van der Waals surface area contributed by atoms with Gasteiger partial charge in [-0.15, -0.1) is 9.24 Å². The molecule has 1 saturated carbocycles. The Morgan fingerprint density at radius 3 is 2.20 bits per heavy atom. The molecule has 1 rings (SSSR count). The molecule has 1 fully saturated rings. The lowest BCUT2D eigenvalue weighted by molar-refractivity contribution is 0.558. The number of hydrogen-bond donors (Lipinski definition) is 3. The number of thiol groups is 3. The lowest BCUT2D eigenvalue weighted by Crippen LogP contribution is -2.35. The van der Waals surface area contributed by atoms with Crippen molar-refractivity contribution in [3.05, 3.63) is 0 Å². The molecule has 10 heavy (non-hydrogen) atoms. The quantitative estimate of drug-likeness (QED) is 0.396. The van der Waals surface area contributed by atoms with Gasteiger partial charge >= 0.3 is 0 Å². The Hall–Kier alpha value is 1.48. The fourth-order valence-electron chi connectivity index (χ4n) is 1.25. The smallest absolute Gasteiger partial charge is 0.0197 e. The molecule has 0 bridgehead atoms. The summed E-state index contributed by atoms with van der Waals surface area (Å²) in [4.78, 5) is 0. The predicted octanol–water partition coefficient (Wildman–Crippen LogP) is 1.92. The van der Waals surface area contributed by atoms with E-state index in [1.807, 2.05) is 0 Å². The van der Waals surface area contributed by atoms with E-state index in [4.69, 9.17) is 0 Å². The first-order chi connectivity index (χ1) is 4.61. The molecular formula is C6H13PS3. The lowest BCUT2D eigenvalue weighted by atomic mass is 9.98. The maximum atomic E-state index is 4.46. The molecule has 0 aromatic heterocycles. The van der Waals surface area contributed by atoms with Crippen molar-refractivity contribution in [1.29, 1.82) is 0 Å². The van der Waals surface area contributed by atoms with Crippen LogP contribution in [0.5, 0.6) is 0 Å². The largest absolute Gasteiger partial charge is 0.176 e. The summed E-state index contributed by atoms with van der Waals surface area (Å²) in [7, 11) is 2.82. The van der Waals surface area contributed by atoms with Crippen LogP contribution in [0.4, 0.5) is 0 Å². The van der Waals surface area contributed by atoms with Crippen molar-refractivity contribution in [2.45, 2.75) is 34.3 Å². The normalized spacial score (nSPS) is 49.2. The molecule has 0 aromatic rings. The zero-order chi connectivity index (χ0) is 7.72. The molecule has 4 heteroatoms. The fourth-order valence-corrected chi connectivity index (χ4v) is 3.62. The number of rotatable bonds is 0. The molecule has 0 radical (unpaired) electrons. The maximum absolute atomic E-state index is 4.46. The Morgan fingerprint density at radius 2 is 1.70 bits per heavy atom. The van der Waals surface area contributed by atoms with Gasteiger partial charge in [0.25, 0.3) is 0 Å². The van der Waals surface area contributed by atoms with Crippen molar-refractivity contribution >= 4 is 47.1 Å². The number of hydrogen-bond acceptors (Lipinski definition) is 3. The molecule has 1 aliphatic carbocycles. The predicted molar refractivity (Wildman–Crippen MR) is 61.1 cm³/mol. The third-order valence-electron chi connectivity index (χ3n) is 1.89. The van der Waals surface area contributed by atoms with E-state index >= 15 is 0 Å². The highest BCUT2D eigenvalue weighted by Crippen LogP contribution is 2.34. The first kappa shape index (κ1) is 9.57. The molecule has 0 spiro atoms. The minimum atomic E-state index is 0.419. The van der Waals surface area contributed by atoms with Crippen LogP contribution in [-0.4, -0.2) is 21.4 Å². The second-order valence-electron chi connectivity index (χ2n) is 2.85. The SMILES string of the molecule is PC1CC(S)CC(S)C1S. The highest BCUT2D eigenvalue weighted by molar-refractivity contribution is 7.85. The molecule has 5 atom stereocenters. The van der Waals surface area contributed by atoms with Crippen LogP contribution in [-0.2, 0) is 0 Å².